The molecule has 0 unspecified atom stereocenters. The molecule has 3 nitrogen and oxygen atoms in total. The summed E-state index contributed by atoms with van der Waals surface area (Å²) < 4.78 is 1.58. The van der Waals surface area contributed by atoms with Gasteiger partial charge in [0.15, 0.2) is 0 Å². The Morgan fingerprint density at radius 3 is 2.53 bits per heavy atom. The van der Waals surface area contributed by atoms with Gasteiger partial charge < -0.3 is 4.57 Å². The molecule has 82 valence electrons. The van der Waals surface area contributed by atoms with E-state index in [0.29, 0.717) is 12.5 Å². The minimum Gasteiger partial charge on any atom is -0.312 e. The van der Waals surface area contributed by atoms with Crippen LogP contribution in [0.3, 0.4) is 0 Å². The average molecular weight is 228 g/mol. The van der Waals surface area contributed by atoms with E-state index in [1.54, 1.807) is 10.6 Å². The summed E-state index contributed by atoms with van der Waals surface area (Å²) in [5.74, 6) is 0.349. The van der Waals surface area contributed by atoms with Crippen molar-refractivity contribution in [3.8, 4) is 0 Å². The first-order valence-corrected chi connectivity index (χ1v) is 5.21. The van der Waals surface area contributed by atoms with Gasteiger partial charge in [-0.1, -0.05) is 13.8 Å². The molecule has 0 aliphatic rings. The number of hydrogen-bond acceptors (Lipinski definition) is 2. The number of aromatic nitrogens is 1. The molecule has 0 aliphatic heterocycles. The van der Waals surface area contributed by atoms with Crippen LogP contribution in [0.2, 0.25) is 0 Å². The quantitative estimate of drug-likeness (QED) is 0.743. The van der Waals surface area contributed by atoms with E-state index >= 15 is 0 Å². The maximum atomic E-state index is 11.8. The number of hydrogen-bond donors (Lipinski definition) is 0. The molecular weight excluding hydrogens is 214 g/mol. The molecule has 0 radical (unpaired) electrons. The van der Waals surface area contributed by atoms with Crippen LogP contribution in [0.15, 0.2) is 16.9 Å². The molecule has 1 aromatic heterocycles. The summed E-state index contributed by atoms with van der Waals surface area (Å²) in [5, 5.41) is -0.697. The van der Waals surface area contributed by atoms with E-state index < -0.39 is 5.24 Å². The molecule has 1 aromatic rings. The molecule has 0 bridgehead atoms. The van der Waals surface area contributed by atoms with Crippen molar-refractivity contribution in [2.75, 3.05) is 0 Å². The molecule has 0 amide bonds. The third kappa shape index (κ3) is 2.69. The standard InChI is InChI=1S/C11H14ClNO2/c1-7(2)6-13-8(3)4-5-9(10(12)14)11(13)15/h4-5,7H,6H2,1-3H3. The van der Waals surface area contributed by atoms with Gasteiger partial charge in [0.2, 0.25) is 0 Å². The number of carbonyl (C=O) groups excluding carboxylic acids is 1. The Labute approximate surface area is 93.7 Å². The van der Waals surface area contributed by atoms with E-state index in [2.05, 4.69) is 0 Å². The summed E-state index contributed by atoms with van der Waals surface area (Å²) in [6, 6.07) is 3.21. The first-order valence-electron chi connectivity index (χ1n) is 4.83. The van der Waals surface area contributed by atoms with Gasteiger partial charge in [0.05, 0.1) is 5.56 Å². The lowest BCUT2D eigenvalue weighted by atomic mass is 10.2. The van der Waals surface area contributed by atoms with Crippen molar-refractivity contribution in [1.82, 2.24) is 4.57 Å². The van der Waals surface area contributed by atoms with Crippen LogP contribution in [0.25, 0.3) is 0 Å². The molecule has 0 saturated heterocycles. The fraction of sp³-hybridized carbons (Fsp3) is 0.455. The van der Waals surface area contributed by atoms with Crippen LogP contribution in [-0.2, 0) is 6.54 Å². The molecule has 0 spiro atoms. The summed E-state index contributed by atoms with van der Waals surface area (Å²) >= 11 is 5.32. The lowest BCUT2D eigenvalue weighted by Crippen LogP contribution is -2.28. The van der Waals surface area contributed by atoms with Gasteiger partial charge in [-0.15, -0.1) is 0 Å². The monoisotopic (exact) mass is 227 g/mol. The maximum Gasteiger partial charge on any atom is 0.262 e. The largest absolute Gasteiger partial charge is 0.312 e. The molecule has 0 fully saturated rings. The number of carbonyl (C=O) groups is 1. The van der Waals surface area contributed by atoms with Crippen molar-refractivity contribution in [1.29, 1.82) is 0 Å². The first kappa shape index (κ1) is 12.0. The second-order valence-corrected chi connectivity index (χ2v) is 4.31. The second kappa shape index (κ2) is 4.62. The fourth-order valence-electron chi connectivity index (χ4n) is 1.41. The lowest BCUT2D eigenvalue weighted by molar-refractivity contribution is 0.107. The Morgan fingerprint density at radius 2 is 2.07 bits per heavy atom. The third-order valence-corrected chi connectivity index (χ3v) is 2.36. The van der Waals surface area contributed by atoms with Crippen molar-refractivity contribution in [3.05, 3.63) is 33.7 Å². The van der Waals surface area contributed by atoms with Gasteiger partial charge in [0.1, 0.15) is 0 Å². The van der Waals surface area contributed by atoms with Gasteiger partial charge in [-0.3, -0.25) is 9.59 Å². The Hall–Kier alpha value is -1.09. The van der Waals surface area contributed by atoms with Crippen molar-refractivity contribution >= 4 is 16.8 Å². The second-order valence-electron chi connectivity index (χ2n) is 3.97. The summed E-state index contributed by atoms with van der Waals surface area (Å²) in [4.78, 5) is 22.8. The smallest absolute Gasteiger partial charge is 0.262 e. The fourth-order valence-corrected chi connectivity index (χ4v) is 1.56. The molecule has 0 N–H and O–H groups in total. The first-order chi connectivity index (χ1) is 6.93. The number of nitrogens with zero attached hydrogens (tertiary/aromatic N) is 1. The van der Waals surface area contributed by atoms with Gasteiger partial charge >= 0.3 is 0 Å². The molecule has 15 heavy (non-hydrogen) atoms. The minimum absolute atomic E-state index is 0.0444. The van der Waals surface area contributed by atoms with Crippen LogP contribution >= 0.6 is 11.6 Å². The predicted molar refractivity (Wildman–Crippen MR) is 60.5 cm³/mol. The Balaban J connectivity index is 3.31. The van der Waals surface area contributed by atoms with Crippen molar-refractivity contribution < 1.29 is 4.79 Å². The number of aryl methyl sites for hydroxylation is 1. The van der Waals surface area contributed by atoms with Crippen LogP contribution in [0.5, 0.6) is 0 Å². The third-order valence-electron chi connectivity index (χ3n) is 2.15. The Bertz CT molecular complexity index is 435. The van der Waals surface area contributed by atoms with Gasteiger partial charge in [0.25, 0.3) is 10.8 Å². The molecule has 0 aliphatic carbocycles. The molecule has 0 saturated carbocycles. The van der Waals surface area contributed by atoms with Crippen LogP contribution in [-0.4, -0.2) is 9.81 Å². The molecule has 1 rings (SSSR count). The van der Waals surface area contributed by atoms with E-state index in [1.165, 1.54) is 6.07 Å². The normalized spacial score (nSPS) is 10.7. The average Bonchev–Trinajstić information content (AvgIpc) is 2.11. The zero-order valence-corrected chi connectivity index (χ0v) is 9.84. The number of pyridine rings is 1. The summed E-state index contributed by atoms with van der Waals surface area (Å²) in [6.45, 7) is 6.47. The topological polar surface area (TPSA) is 39.1 Å². The van der Waals surface area contributed by atoms with E-state index in [4.69, 9.17) is 11.6 Å². The highest BCUT2D eigenvalue weighted by molar-refractivity contribution is 6.67. The van der Waals surface area contributed by atoms with Crippen molar-refractivity contribution in [2.24, 2.45) is 5.92 Å². The van der Waals surface area contributed by atoms with Crippen molar-refractivity contribution in [2.45, 2.75) is 27.3 Å². The zero-order chi connectivity index (χ0) is 11.6. The summed E-state index contributed by atoms with van der Waals surface area (Å²) in [5.41, 5.74) is 0.585. The van der Waals surface area contributed by atoms with Gasteiger partial charge in [-0.2, -0.15) is 0 Å². The van der Waals surface area contributed by atoms with Crippen LogP contribution in [0.1, 0.15) is 29.9 Å². The van der Waals surface area contributed by atoms with E-state index in [1.807, 2.05) is 20.8 Å². The predicted octanol–water partition coefficient (Wildman–Crippen LogP) is 2.19. The maximum absolute atomic E-state index is 11.8. The minimum atomic E-state index is -0.697. The summed E-state index contributed by atoms with van der Waals surface area (Å²) in [6.07, 6.45) is 0. The SMILES string of the molecule is Cc1ccc(C(=O)Cl)c(=O)n1CC(C)C. The molecule has 0 aromatic carbocycles. The Kier molecular flexibility index (Phi) is 3.69. The van der Waals surface area contributed by atoms with Gasteiger partial charge in [0, 0.05) is 12.2 Å². The molecular formula is C11H14ClNO2. The summed E-state index contributed by atoms with van der Waals surface area (Å²) in [7, 11) is 0. The highest BCUT2D eigenvalue weighted by atomic mass is 35.5. The van der Waals surface area contributed by atoms with Gasteiger partial charge in [-0.05, 0) is 36.6 Å². The highest BCUT2D eigenvalue weighted by Crippen LogP contribution is 2.04. The Morgan fingerprint density at radius 1 is 1.47 bits per heavy atom. The lowest BCUT2D eigenvalue weighted by Gasteiger charge is -2.12. The van der Waals surface area contributed by atoms with E-state index in [9.17, 15) is 9.59 Å². The molecule has 4 heteroatoms. The van der Waals surface area contributed by atoms with Crippen LogP contribution in [0.4, 0.5) is 0 Å². The van der Waals surface area contributed by atoms with Crippen LogP contribution < -0.4 is 5.56 Å². The van der Waals surface area contributed by atoms with Crippen LogP contribution in [0, 0.1) is 12.8 Å². The zero-order valence-electron chi connectivity index (χ0n) is 9.08. The van der Waals surface area contributed by atoms with E-state index in [0.717, 1.165) is 5.69 Å². The van der Waals surface area contributed by atoms with E-state index in [-0.39, 0.29) is 11.1 Å². The molecule has 0 atom stereocenters. The highest BCUT2D eigenvalue weighted by Gasteiger charge is 2.11. The number of rotatable bonds is 3. The number of halogens is 1. The van der Waals surface area contributed by atoms with Crippen molar-refractivity contribution in [3.63, 3.8) is 0 Å². The van der Waals surface area contributed by atoms with Gasteiger partial charge in [-0.25, -0.2) is 0 Å². The molecule has 1 heterocycles.